The average Bonchev–Trinajstić information content (AvgIpc) is 2.11. The summed E-state index contributed by atoms with van der Waals surface area (Å²) < 4.78 is 0. The molecule has 0 aromatic rings. The molecule has 0 amide bonds. The summed E-state index contributed by atoms with van der Waals surface area (Å²) in [6.45, 7) is 8.69. The molecule has 0 N–H and O–H groups in total. The van der Waals surface area contributed by atoms with E-state index in [0.29, 0.717) is 12.3 Å². The standard InChI is InChI=1S/C12H20O/c1-10-6-4-7-12(3,11(10)2)8-5-9-13/h9-10H,2,4-8H2,1,3H3/t10?,12-/m1/s1. The quantitative estimate of drug-likeness (QED) is 0.481. The molecule has 0 saturated heterocycles. The molecule has 0 aromatic carbocycles. The molecular formula is C12H20O. The van der Waals surface area contributed by atoms with Gasteiger partial charge in [0.05, 0.1) is 0 Å². The molecule has 0 radical (unpaired) electrons. The van der Waals surface area contributed by atoms with E-state index < -0.39 is 0 Å². The first-order valence-electron chi connectivity index (χ1n) is 5.23. The second-order valence-corrected chi connectivity index (χ2v) is 4.58. The van der Waals surface area contributed by atoms with E-state index in [4.69, 9.17) is 0 Å². The molecule has 0 spiro atoms. The van der Waals surface area contributed by atoms with E-state index >= 15 is 0 Å². The SMILES string of the molecule is C=C1C(C)CCC[C@]1(C)CCC=O. The average molecular weight is 180 g/mol. The largest absolute Gasteiger partial charge is 0.303 e. The van der Waals surface area contributed by atoms with Crippen LogP contribution in [0.15, 0.2) is 12.2 Å². The number of hydrogen-bond donors (Lipinski definition) is 0. The summed E-state index contributed by atoms with van der Waals surface area (Å²) in [5.41, 5.74) is 1.60. The zero-order valence-corrected chi connectivity index (χ0v) is 8.81. The molecule has 1 aliphatic carbocycles. The predicted octanol–water partition coefficient (Wildman–Crippen LogP) is 3.35. The van der Waals surface area contributed by atoms with Gasteiger partial charge in [-0.2, -0.15) is 0 Å². The van der Waals surface area contributed by atoms with Crippen LogP contribution in [0.3, 0.4) is 0 Å². The van der Waals surface area contributed by atoms with Gasteiger partial charge in [-0.15, -0.1) is 0 Å². The Bertz CT molecular complexity index is 207. The van der Waals surface area contributed by atoms with Gasteiger partial charge in [-0.25, -0.2) is 0 Å². The number of carbonyl (C=O) groups excluding carboxylic acids is 1. The van der Waals surface area contributed by atoms with Crippen molar-refractivity contribution in [3.63, 3.8) is 0 Å². The van der Waals surface area contributed by atoms with E-state index in [1.807, 2.05) is 0 Å². The second kappa shape index (κ2) is 4.08. The van der Waals surface area contributed by atoms with Crippen molar-refractivity contribution in [2.24, 2.45) is 11.3 Å². The van der Waals surface area contributed by atoms with Crippen molar-refractivity contribution < 1.29 is 4.79 Å². The zero-order valence-electron chi connectivity index (χ0n) is 8.81. The molecule has 2 atom stereocenters. The molecule has 1 unspecified atom stereocenters. The van der Waals surface area contributed by atoms with Gasteiger partial charge in [0.2, 0.25) is 0 Å². The van der Waals surface area contributed by atoms with Crippen molar-refractivity contribution in [1.29, 1.82) is 0 Å². The molecule has 0 aliphatic heterocycles. The molecule has 1 fully saturated rings. The van der Waals surface area contributed by atoms with Crippen LogP contribution >= 0.6 is 0 Å². The third-order valence-electron chi connectivity index (χ3n) is 3.55. The maximum absolute atomic E-state index is 10.3. The van der Waals surface area contributed by atoms with Crippen LogP contribution in [0, 0.1) is 11.3 Å². The van der Waals surface area contributed by atoms with Crippen LogP contribution in [0.5, 0.6) is 0 Å². The van der Waals surface area contributed by atoms with Crippen LogP contribution in [-0.4, -0.2) is 6.29 Å². The Morgan fingerprint density at radius 1 is 1.69 bits per heavy atom. The number of aldehydes is 1. The highest BCUT2D eigenvalue weighted by Gasteiger charge is 2.33. The molecule has 1 nitrogen and oxygen atoms in total. The Hall–Kier alpha value is -0.590. The summed E-state index contributed by atoms with van der Waals surface area (Å²) in [5, 5.41) is 0. The first-order chi connectivity index (χ1) is 6.10. The Balaban J connectivity index is 2.63. The molecule has 0 aromatic heterocycles. The fraction of sp³-hybridized carbons (Fsp3) is 0.750. The molecule has 0 heterocycles. The van der Waals surface area contributed by atoms with Crippen molar-refractivity contribution in [3.05, 3.63) is 12.2 Å². The lowest BCUT2D eigenvalue weighted by Crippen LogP contribution is -2.27. The van der Waals surface area contributed by atoms with E-state index in [2.05, 4.69) is 20.4 Å². The number of hydrogen-bond acceptors (Lipinski definition) is 1. The summed E-state index contributed by atoms with van der Waals surface area (Å²) in [4.78, 5) is 10.3. The summed E-state index contributed by atoms with van der Waals surface area (Å²) in [5.74, 6) is 0.644. The third kappa shape index (κ3) is 2.20. The highest BCUT2D eigenvalue weighted by atomic mass is 16.1. The van der Waals surface area contributed by atoms with Crippen molar-refractivity contribution in [3.8, 4) is 0 Å². The fourth-order valence-electron chi connectivity index (χ4n) is 2.39. The van der Waals surface area contributed by atoms with Crippen molar-refractivity contribution in [2.75, 3.05) is 0 Å². The molecule has 0 bridgehead atoms. The van der Waals surface area contributed by atoms with Crippen molar-refractivity contribution in [2.45, 2.75) is 46.0 Å². The maximum atomic E-state index is 10.3. The van der Waals surface area contributed by atoms with Crippen LogP contribution < -0.4 is 0 Å². The van der Waals surface area contributed by atoms with Crippen molar-refractivity contribution >= 4 is 6.29 Å². The molecule has 1 aliphatic rings. The number of rotatable bonds is 3. The van der Waals surface area contributed by atoms with Crippen LogP contribution in [0.25, 0.3) is 0 Å². The minimum Gasteiger partial charge on any atom is -0.303 e. The summed E-state index contributed by atoms with van der Waals surface area (Å²) in [6.07, 6.45) is 6.47. The van der Waals surface area contributed by atoms with E-state index in [-0.39, 0.29) is 5.41 Å². The van der Waals surface area contributed by atoms with Crippen molar-refractivity contribution in [1.82, 2.24) is 0 Å². The predicted molar refractivity (Wildman–Crippen MR) is 55.6 cm³/mol. The Kier molecular flexibility index (Phi) is 3.29. The zero-order chi connectivity index (χ0) is 9.90. The van der Waals surface area contributed by atoms with Gasteiger partial charge < -0.3 is 4.79 Å². The van der Waals surface area contributed by atoms with Gasteiger partial charge in [-0.1, -0.05) is 32.4 Å². The number of allylic oxidation sites excluding steroid dienone is 1. The Morgan fingerprint density at radius 2 is 2.38 bits per heavy atom. The minimum absolute atomic E-state index is 0.235. The van der Waals surface area contributed by atoms with E-state index in [1.165, 1.54) is 24.8 Å². The highest BCUT2D eigenvalue weighted by Crippen LogP contribution is 2.45. The highest BCUT2D eigenvalue weighted by molar-refractivity contribution is 5.49. The van der Waals surface area contributed by atoms with Crippen LogP contribution in [0.1, 0.15) is 46.0 Å². The summed E-state index contributed by atoms with van der Waals surface area (Å²) >= 11 is 0. The van der Waals surface area contributed by atoms with Gasteiger partial charge in [0.25, 0.3) is 0 Å². The lowest BCUT2D eigenvalue weighted by molar-refractivity contribution is -0.108. The molecule has 1 saturated carbocycles. The van der Waals surface area contributed by atoms with Gasteiger partial charge in [0, 0.05) is 6.42 Å². The Labute approximate surface area is 81.2 Å². The minimum atomic E-state index is 0.235. The van der Waals surface area contributed by atoms with E-state index in [9.17, 15) is 4.79 Å². The molecule has 74 valence electrons. The Morgan fingerprint density at radius 3 is 3.00 bits per heavy atom. The molecular weight excluding hydrogens is 160 g/mol. The van der Waals surface area contributed by atoms with Gasteiger partial charge in [0.1, 0.15) is 6.29 Å². The third-order valence-corrected chi connectivity index (χ3v) is 3.55. The molecule has 13 heavy (non-hydrogen) atoms. The first kappa shape index (κ1) is 10.5. The van der Waals surface area contributed by atoms with Gasteiger partial charge >= 0.3 is 0 Å². The lowest BCUT2D eigenvalue weighted by atomic mass is 9.66. The number of carbonyl (C=O) groups is 1. The van der Waals surface area contributed by atoms with Gasteiger partial charge in [-0.3, -0.25) is 0 Å². The normalized spacial score (nSPS) is 34.6. The van der Waals surface area contributed by atoms with E-state index in [0.717, 1.165) is 12.7 Å². The first-order valence-corrected chi connectivity index (χ1v) is 5.23. The van der Waals surface area contributed by atoms with Gasteiger partial charge in [-0.05, 0) is 30.6 Å². The van der Waals surface area contributed by atoms with Gasteiger partial charge in [0.15, 0.2) is 0 Å². The van der Waals surface area contributed by atoms with E-state index in [1.54, 1.807) is 0 Å². The van der Waals surface area contributed by atoms with Crippen LogP contribution in [0.2, 0.25) is 0 Å². The maximum Gasteiger partial charge on any atom is 0.120 e. The monoisotopic (exact) mass is 180 g/mol. The summed E-state index contributed by atoms with van der Waals surface area (Å²) in [6, 6.07) is 0. The fourth-order valence-corrected chi connectivity index (χ4v) is 2.39. The smallest absolute Gasteiger partial charge is 0.120 e. The van der Waals surface area contributed by atoms with Crippen LogP contribution in [-0.2, 0) is 4.79 Å². The summed E-state index contributed by atoms with van der Waals surface area (Å²) in [7, 11) is 0. The topological polar surface area (TPSA) is 17.1 Å². The molecule has 1 heteroatoms. The second-order valence-electron chi connectivity index (χ2n) is 4.58. The van der Waals surface area contributed by atoms with Crippen LogP contribution in [0.4, 0.5) is 0 Å². The molecule has 1 rings (SSSR count). The lowest BCUT2D eigenvalue weighted by Gasteiger charge is -2.39.